The highest BCUT2D eigenvalue weighted by Crippen LogP contribution is 2.51. The second-order valence-electron chi connectivity index (χ2n) is 9.62. The van der Waals surface area contributed by atoms with E-state index in [-0.39, 0.29) is 29.4 Å². The van der Waals surface area contributed by atoms with Crippen LogP contribution in [0.3, 0.4) is 0 Å². The summed E-state index contributed by atoms with van der Waals surface area (Å²) in [6.45, 7) is 0. The van der Waals surface area contributed by atoms with Crippen molar-refractivity contribution in [3.05, 3.63) is 47.5 Å². The molecule has 0 bridgehead atoms. The number of fused-ring (bicyclic) bond motifs is 1. The summed E-state index contributed by atoms with van der Waals surface area (Å²) in [6, 6.07) is 11.0. The van der Waals surface area contributed by atoms with Gasteiger partial charge in [-0.1, -0.05) is 18.2 Å². The van der Waals surface area contributed by atoms with Gasteiger partial charge in [0.05, 0.1) is 24.8 Å². The van der Waals surface area contributed by atoms with Gasteiger partial charge in [0.2, 0.25) is 5.91 Å². The molecule has 1 spiro atoms. The minimum atomic E-state index is -0.248. The number of phenols is 1. The largest absolute Gasteiger partial charge is 0.507 e. The quantitative estimate of drug-likeness (QED) is 0.604. The molecule has 5 rings (SSSR count). The van der Waals surface area contributed by atoms with Crippen LogP contribution in [0.1, 0.15) is 75.0 Å². The van der Waals surface area contributed by atoms with Crippen molar-refractivity contribution in [2.24, 2.45) is 0 Å². The van der Waals surface area contributed by atoms with Gasteiger partial charge >= 0.3 is 0 Å². The number of carbonyl (C=O) groups excluding carboxylic acids is 1. The number of phenolic OH excluding ortho intramolecular Hbond substituents is 1. The monoisotopic (exact) mass is 451 g/mol. The van der Waals surface area contributed by atoms with Crippen LogP contribution < -0.4 is 19.5 Å². The van der Waals surface area contributed by atoms with Crippen LogP contribution in [-0.4, -0.2) is 29.8 Å². The Bertz CT molecular complexity index is 1010. The number of carbonyl (C=O) groups is 1. The Morgan fingerprint density at radius 3 is 2.67 bits per heavy atom. The maximum absolute atomic E-state index is 13.0. The fourth-order valence-electron chi connectivity index (χ4n) is 5.46. The maximum atomic E-state index is 13.0. The number of hydrogen-bond donors (Lipinski definition) is 2. The molecule has 1 unspecified atom stereocenters. The van der Waals surface area contributed by atoms with E-state index in [1.807, 2.05) is 24.3 Å². The highest BCUT2D eigenvalue weighted by molar-refractivity contribution is 5.77. The average Bonchev–Trinajstić information content (AvgIpc) is 3.30. The molecule has 1 heterocycles. The predicted octanol–water partition coefficient (Wildman–Crippen LogP) is 5.22. The lowest BCUT2D eigenvalue weighted by molar-refractivity contribution is -0.123. The molecule has 2 aromatic carbocycles. The summed E-state index contributed by atoms with van der Waals surface area (Å²) in [5.41, 5.74) is 1.46. The van der Waals surface area contributed by atoms with Crippen LogP contribution in [0, 0.1) is 0 Å². The molecule has 2 saturated carbocycles. The van der Waals surface area contributed by atoms with E-state index in [0.717, 1.165) is 49.2 Å². The van der Waals surface area contributed by atoms with Gasteiger partial charge in [0.1, 0.15) is 17.1 Å². The second-order valence-corrected chi connectivity index (χ2v) is 9.62. The molecule has 2 aliphatic carbocycles. The molecule has 0 aromatic heterocycles. The van der Waals surface area contributed by atoms with Crippen molar-refractivity contribution >= 4 is 5.91 Å². The van der Waals surface area contributed by atoms with E-state index >= 15 is 0 Å². The summed E-state index contributed by atoms with van der Waals surface area (Å²) in [5.74, 6) is 2.30. The number of methoxy groups -OCH3 is 1. The number of amides is 1. The number of benzene rings is 2. The average molecular weight is 452 g/mol. The minimum absolute atomic E-state index is 0.0415. The fourth-order valence-corrected chi connectivity index (χ4v) is 5.46. The van der Waals surface area contributed by atoms with Crippen molar-refractivity contribution < 1.29 is 24.1 Å². The Kier molecular flexibility index (Phi) is 6.09. The molecule has 2 fully saturated rings. The Morgan fingerprint density at radius 1 is 1.15 bits per heavy atom. The molecule has 2 aromatic rings. The highest BCUT2D eigenvalue weighted by atomic mass is 16.5. The topological polar surface area (TPSA) is 77.0 Å². The zero-order valence-corrected chi connectivity index (χ0v) is 19.3. The molecule has 1 amide bonds. The number of rotatable bonds is 7. The minimum Gasteiger partial charge on any atom is -0.507 e. The Labute approximate surface area is 195 Å². The van der Waals surface area contributed by atoms with Crippen LogP contribution in [-0.2, 0) is 11.2 Å². The third-order valence-electron chi connectivity index (χ3n) is 7.38. The standard InChI is InChI=1S/C27H33NO5/c1-31-23-12-4-7-18(26(23)32-19-8-2-3-9-19)13-14-24(30)28-20-17-27(15-6-16-27)33-22-11-5-10-21(29)25(20)22/h4-5,7,10-12,19-20,29H,2-3,6,8-9,13-17H2,1H3,(H,28,30). The predicted molar refractivity (Wildman–Crippen MR) is 125 cm³/mol. The van der Waals surface area contributed by atoms with Crippen molar-refractivity contribution in [3.8, 4) is 23.0 Å². The molecule has 0 saturated heterocycles. The highest BCUT2D eigenvalue weighted by Gasteiger charge is 2.46. The molecule has 3 aliphatic rings. The molecule has 6 nitrogen and oxygen atoms in total. The number of nitrogens with one attached hydrogen (secondary N) is 1. The third kappa shape index (κ3) is 4.48. The summed E-state index contributed by atoms with van der Waals surface area (Å²) >= 11 is 0. The first-order valence-electron chi connectivity index (χ1n) is 12.2. The van der Waals surface area contributed by atoms with Crippen LogP contribution in [0.5, 0.6) is 23.0 Å². The first-order valence-corrected chi connectivity index (χ1v) is 12.2. The molecule has 33 heavy (non-hydrogen) atoms. The maximum Gasteiger partial charge on any atom is 0.220 e. The van der Waals surface area contributed by atoms with Gasteiger partial charge in [-0.3, -0.25) is 4.79 Å². The van der Waals surface area contributed by atoms with E-state index in [4.69, 9.17) is 14.2 Å². The molecule has 176 valence electrons. The second kappa shape index (κ2) is 9.16. The van der Waals surface area contributed by atoms with Crippen molar-refractivity contribution in [1.82, 2.24) is 5.32 Å². The van der Waals surface area contributed by atoms with Gasteiger partial charge in [0.25, 0.3) is 0 Å². The molecule has 0 radical (unpaired) electrons. The van der Waals surface area contributed by atoms with Crippen molar-refractivity contribution in [1.29, 1.82) is 0 Å². The number of aromatic hydroxyl groups is 1. The molecule has 2 N–H and O–H groups in total. The molecular weight excluding hydrogens is 418 g/mol. The van der Waals surface area contributed by atoms with E-state index < -0.39 is 0 Å². The lowest BCUT2D eigenvalue weighted by atomic mass is 9.73. The van der Waals surface area contributed by atoms with E-state index in [1.54, 1.807) is 19.2 Å². The number of para-hydroxylation sites is 1. The fraction of sp³-hybridized carbons (Fsp3) is 0.519. The van der Waals surface area contributed by atoms with Gasteiger partial charge in [0.15, 0.2) is 11.5 Å². The summed E-state index contributed by atoms with van der Waals surface area (Å²) in [4.78, 5) is 13.0. The van der Waals surface area contributed by atoms with Gasteiger partial charge in [-0.2, -0.15) is 0 Å². The van der Waals surface area contributed by atoms with Crippen LogP contribution in [0.4, 0.5) is 0 Å². The Morgan fingerprint density at radius 2 is 1.94 bits per heavy atom. The van der Waals surface area contributed by atoms with Gasteiger partial charge in [-0.25, -0.2) is 0 Å². The number of hydrogen-bond acceptors (Lipinski definition) is 5. The van der Waals surface area contributed by atoms with Gasteiger partial charge < -0.3 is 24.6 Å². The number of ether oxygens (including phenoxy) is 3. The van der Waals surface area contributed by atoms with Gasteiger partial charge in [-0.05, 0) is 75.1 Å². The van der Waals surface area contributed by atoms with Gasteiger partial charge in [-0.15, -0.1) is 0 Å². The smallest absolute Gasteiger partial charge is 0.220 e. The summed E-state index contributed by atoms with van der Waals surface area (Å²) in [7, 11) is 1.65. The number of aryl methyl sites for hydroxylation is 1. The lowest BCUT2D eigenvalue weighted by Crippen LogP contribution is -2.49. The SMILES string of the molecule is COc1cccc(CCC(=O)NC2CC3(CCC3)Oc3cccc(O)c32)c1OC1CCCC1. The first kappa shape index (κ1) is 21.9. The van der Waals surface area contributed by atoms with E-state index in [1.165, 1.54) is 12.8 Å². The van der Waals surface area contributed by atoms with Crippen molar-refractivity contribution in [3.63, 3.8) is 0 Å². The van der Waals surface area contributed by atoms with Crippen LogP contribution in [0.15, 0.2) is 36.4 Å². The Balaban J connectivity index is 1.28. The summed E-state index contributed by atoms with van der Waals surface area (Å²) in [5, 5.41) is 13.7. The van der Waals surface area contributed by atoms with E-state index in [0.29, 0.717) is 30.6 Å². The van der Waals surface area contributed by atoms with E-state index in [9.17, 15) is 9.90 Å². The Hall–Kier alpha value is -2.89. The first-order chi connectivity index (χ1) is 16.1. The van der Waals surface area contributed by atoms with Crippen LogP contribution >= 0.6 is 0 Å². The molecule has 1 aliphatic heterocycles. The molecule has 1 atom stereocenters. The van der Waals surface area contributed by atoms with Gasteiger partial charge in [0, 0.05) is 12.8 Å². The van der Waals surface area contributed by atoms with E-state index in [2.05, 4.69) is 5.32 Å². The van der Waals surface area contributed by atoms with Crippen LogP contribution in [0.2, 0.25) is 0 Å². The lowest BCUT2D eigenvalue weighted by Gasteiger charge is -2.48. The van der Waals surface area contributed by atoms with Crippen molar-refractivity contribution in [2.75, 3.05) is 7.11 Å². The normalized spacial score (nSPS) is 21.1. The summed E-state index contributed by atoms with van der Waals surface area (Å²) in [6.07, 6.45) is 9.42. The molecule has 6 heteroatoms. The third-order valence-corrected chi connectivity index (χ3v) is 7.38. The van der Waals surface area contributed by atoms with Crippen LogP contribution in [0.25, 0.3) is 0 Å². The van der Waals surface area contributed by atoms with Crippen molar-refractivity contribution in [2.45, 2.75) is 82.0 Å². The summed E-state index contributed by atoms with van der Waals surface area (Å²) < 4.78 is 18.1. The zero-order valence-electron chi connectivity index (χ0n) is 19.3. The molecular formula is C27H33NO5. The zero-order chi connectivity index (χ0) is 22.8.